The molecular formula is C13H18N2O3. The lowest BCUT2D eigenvalue weighted by Gasteiger charge is -2.29. The molecule has 0 heterocycles. The molecule has 5 nitrogen and oxygen atoms in total. The molecule has 1 saturated carbocycles. The van der Waals surface area contributed by atoms with E-state index in [-0.39, 0.29) is 17.5 Å². The summed E-state index contributed by atoms with van der Waals surface area (Å²) in [7, 11) is 0. The lowest BCUT2D eigenvalue weighted by molar-refractivity contribution is -0.385. The highest BCUT2D eigenvalue weighted by Gasteiger charge is 2.27. The summed E-state index contributed by atoms with van der Waals surface area (Å²) in [5, 5.41) is 11.0. The fourth-order valence-electron chi connectivity index (χ4n) is 2.45. The number of nitrogens with zero attached hydrogens (tertiary/aromatic N) is 1. The first-order valence-electron chi connectivity index (χ1n) is 6.29. The molecule has 2 N–H and O–H groups in total. The highest BCUT2D eigenvalue weighted by atomic mass is 16.6. The Hall–Kier alpha value is -1.78. The van der Waals surface area contributed by atoms with Gasteiger partial charge in [-0.15, -0.1) is 0 Å². The van der Waals surface area contributed by atoms with Gasteiger partial charge in [-0.25, -0.2) is 0 Å². The van der Waals surface area contributed by atoms with Gasteiger partial charge in [0.25, 0.3) is 0 Å². The number of anilines is 1. The number of nitrogen functional groups attached to an aromatic ring is 1. The zero-order valence-electron chi connectivity index (χ0n) is 10.5. The Balaban J connectivity index is 2.23. The Kier molecular flexibility index (Phi) is 3.69. The number of benzene rings is 1. The topological polar surface area (TPSA) is 78.4 Å². The maximum absolute atomic E-state index is 11.0. The zero-order valence-corrected chi connectivity index (χ0v) is 10.5. The second-order valence-electron chi connectivity index (χ2n) is 4.87. The van der Waals surface area contributed by atoms with Crippen molar-refractivity contribution < 1.29 is 9.66 Å². The van der Waals surface area contributed by atoms with E-state index in [1.807, 2.05) is 0 Å². The molecule has 0 spiro atoms. The van der Waals surface area contributed by atoms with Crippen molar-refractivity contribution in [1.29, 1.82) is 0 Å². The van der Waals surface area contributed by atoms with E-state index in [1.54, 1.807) is 12.1 Å². The van der Waals surface area contributed by atoms with Gasteiger partial charge in [0, 0.05) is 0 Å². The molecule has 5 heteroatoms. The lowest BCUT2D eigenvalue weighted by atomic mass is 9.88. The first-order valence-corrected chi connectivity index (χ1v) is 6.29. The van der Waals surface area contributed by atoms with E-state index in [0.717, 1.165) is 19.3 Å². The van der Waals surface area contributed by atoms with Gasteiger partial charge >= 0.3 is 5.69 Å². The van der Waals surface area contributed by atoms with Gasteiger partial charge in [0.1, 0.15) is 11.8 Å². The van der Waals surface area contributed by atoms with Crippen molar-refractivity contribution in [2.24, 2.45) is 5.92 Å². The van der Waals surface area contributed by atoms with Gasteiger partial charge in [0.2, 0.25) is 0 Å². The number of hydrogen-bond donors (Lipinski definition) is 1. The number of para-hydroxylation sites is 1. The summed E-state index contributed by atoms with van der Waals surface area (Å²) < 4.78 is 5.82. The maximum atomic E-state index is 11.0. The Morgan fingerprint density at radius 1 is 1.39 bits per heavy atom. The molecule has 1 aromatic carbocycles. The average molecular weight is 250 g/mol. The third kappa shape index (κ3) is 2.55. The third-order valence-corrected chi connectivity index (χ3v) is 3.52. The molecule has 0 radical (unpaired) electrons. The van der Waals surface area contributed by atoms with E-state index in [9.17, 15) is 10.1 Å². The smallest absolute Gasteiger partial charge is 0.333 e. The summed E-state index contributed by atoms with van der Waals surface area (Å²) in [5.41, 5.74) is 5.68. The molecule has 2 unspecified atom stereocenters. The van der Waals surface area contributed by atoms with Crippen LogP contribution in [0.15, 0.2) is 18.2 Å². The number of hydrogen-bond acceptors (Lipinski definition) is 4. The monoisotopic (exact) mass is 250 g/mol. The summed E-state index contributed by atoms with van der Waals surface area (Å²) in [6.07, 6.45) is 4.44. The first-order chi connectivity index (χ1) is 8.59. The van der Waals surface area contributed by atoms with Crippen LogP contribution in [0, 0.1) is 16.0 Å². The number of nitro groups is 1. The van der Waals surface area contributed by atoms with Crippen molar-refractivity contribution in [1.82, 2.24) is 0 Å². The molecule has 0 aliphatic heterocycles. The molecule has 1 aliphatic carbocycles. The Morgan fingerprint density at radius 2 is 2.11 bits per heavy atom. The van der Waals surface area contributed by atoms with Crippen molar-refractivity contribution in [3.63, 3.8) is 0 Å². The Bertz CT molecular complexity index is 448. The normalized spacial score (nSPS) is 23.6. The Labute approximate surface area is 106 Å². The number of ether oxygens (including phenoxy) is 1. The van der Waals surface area contributed by atoms with Crippen LogP contribution in [0.4, 0.5) is 11.4 Å². The highest BCUT2D eigenvalue weighted by Crippen LogP contribution is 2.36. The summed E-state index contributed by atoms with van der Waals surface area (Å²) in [5.74, 6) is 0.721. The van der Waals surface area contributed by atoms with Gasteiger partial charge in [-0.1, -0.05) is 19.4 Å². The summed E-state index contributed by atoms with van der Waals surface area (Å²) in [6, 6.07) is 4.83. The van der Waals surface area contributed by atoms with E-state index >= 15 is 0 Å². The van der Waals surface area contributed by atoms with Crippen LogP contribution in [-0.4, -0.2) is 11.0 Å². The first kappa shape index (κ1) is 12.7. The zero-order chi connectivity index (χ0) is 13.1. The van der Waals surface area contributed by atoms with E-state index < -0.39 is 4.92 Å². The molecule has 0 aromatic heterocycles. The molecule has 2 rings (SSSR count). The molecule has 0 amide bonds. The molecule has 2 atom stereocenters. The number of nitro benzene ring substituents is 1. The molecular weight excluding hydrogens is 232 g/mol. The second-order valence-corrected chi connectivity index (χ2v) is 4.87. The van der Waals surface area contributed by atoms with E-state index in [4.69, 9.17) is 10.5 Å². The van der Waals surface area contributed by atoms with Gasteiger partial charge < -0.3 is 10.5 Å². The number of rotatable bonds is 3. The van der Waals surface area contributed by atoms with Crippen LogP contribution < -0.4 is 10.5 Å². The molecule has 1 aliphatic rings. The molecule has 1 aromatic rings. The van der Waals surface area contributed by atoms with Crippen LogP contribution in [0.25, 0.3) is 0 Å². The van der Waals surface area contributed by atoms with Gasteiger partial charge in [0.15, 0.2) is 5.75 Å². The van der Waals surface area contributed by atoms with Crippen LogP contribution in [-0.2, 0) is 0 Å². The van der Waals surface area contributed by atoms with Crippen LogP contribution in [0.5, 0.6) is 5.75 Å². The van der Waals surface area contributed by atoms with Crippen molar-refractivity contribution in [3.05, 3.63) is 28.3 Å². The maximum Gasteiger partial charge on any atom is 0.333 e. The van der Waals surface area contributed by atoms with E-state index in [0.29, 0.717) is 11.7 Å². The van der Waals surface area contributed by atoms with Gasteiger partial charge in [-0.2, -0.15) is 0 Å². The lowest BCUT2D eigenvalue weighted by Crippen LogP contribution is -2.28. The quantitative estimate of drug-likeness (QED) is 0.508. The van der Waals surface area contributed by atoms with Gasteiger partial charge in [-0.05, 0) is 37.3 Å². The van der Waals surface area contributed by atoms with Gasteiger partial charge in [0.05, 0.1) is 4.92 Å². The second kappa shape index (κ2) is 5.25. The van der Waals surface area contributed by atoms with Crippen molar-refractivity contribution in [3.8, 4) is 5.75 Å². The van der Waals surface area contributed by atoms with Crippen LogP contribution in [0.1, 0.15) is 32.6 Å². The summed E-state index contributed by atoms with van der Waals surface area (Å²) in [6.45, 7) is 2.13. The predicted octanol–water partition coefficient (Wildman–Crippen LogP) is 3.13. The van der Waals surface area contributed by atoms with E-state index in [2.05, 4.69) is 6.92 Å². The largest absolute Gasteiger partial charge is 0.483 e. The molecule has 18 heavy (non-hydrogen) atoms. The minimum Gasteiger partial charge on any atom is -0.483 e. The van der Waals surface area contributed by atoms with E-state index in [1.165, 1.54) is 12.5 Å². The van der Waals surface area contributed by atoms with Gasteiger partial charge in [-0.3, -0.25) is 10.1 Å². The molecule has 0 bridgehead atoms. The third-order valence-electron chi connectivity index (χ3n) is 3.52. The molecule has 98 valence electrons. The van der Waals surface area contributed by atoms with Crippen LogP contribution >= 0.6 is 0 Å². The average Bonchev–Trinajstić information content (AvgIpc) is 2.31. The minimum atomic E-state index is -0.474. The SMILES string of the molecule is CC1CCCCC1Oc1cccc(N)c1[N+](=O)[O-]. The summed E-state index contributed by atoms with van der Waals surface area (Å²) >= 11 is 0. The van der Waals surface area contributed by atoms with Crippen molar-refractivity contribution in [2.75, 3.05) is 5.73 Å². The van der Waals surface area contributed by atoms with Crippen LogP contribution in [0.2, 0.25) is 0 Å². The number of nitrogens with two attached hydrogens (primary N) is 1. The molecule has 1 fully saturated rings. The Morgan fingerprint density at radius 3 is 2.78 bits per heavy atom. The predicted molar refractivity (Wildman–Crippen MR) is 69.6 cm³/mol. The molecule has 0 saturated heterocycles. The fourth-order valence-corrected chi connectivity index (χ4v) is 2.45. The van der Waals surface area contributed by atoms with Crippen molar-refractivity contribution >= 4 is 11.4 Å². The highest BCUT2D eigenvalue weighted by molar-refractivity contribution is 5.65. The summed E-state index contributed by atoms with van der Waals surface area (Å²) in [4.78, 5) is 10.5. The van der Waals surface area contributed by atoms with Crippen molar-refractivity contribution in [2.45, 2.75) is 38.7 Å². The minimum absolute atomic E-state index is 0.0549. The fraction of sp³-hybridized carbons (Fsp3) is 0.538. The van der Waals surface area contributed by atoms with Crippen LogP contribution in [0.3, 0.4) is 0 Å². The standard InChI is InChI=1S/C13H18N2O3/c1-9-5-2-3-7-11(9)18-12-8-4-6-10(14)13(12)15(16)17/h4,6,8-9,11H,2-3,5,7,14H2,1H3.